The molecule has 0 atom stereocenters. The molecule has 1 heterocycles. The first kappa shape index (κ1) is 14.5. The number of fused-ring (bicyclic) bond motifs is 1. The largest absolute Gasteiger partial charge is 0.423 e. The number of benzene rings is 1. The van der Waals surface area contributed by atoms with Crippen molar-refractivity contribution < 1.29 is 17.6 Å². The minimum atomic E-state index is -4.76. The van der Waals surface area contributed by atoms with Gasteiger partial charge in [0.2, 0.25) is 3.79 Å². The average Bonchev–Trinajstić information content (AvgIpc) is 2.24. The molecular formula is C11H4Cl3F3O2. The van der Waals surface area contributed by atoms with Crippen molar-refractivity contribution in [1.82, 2.24) is 0 Å². The first-order valence-corrected chi connectivity index (χ1v) is 5.95. The maximum Gasteiger partial charge on any atom is 0.417 e. The van der Waals surface area contributed by atoms with Crippen LogP contribution in [0.2, 0.25) is 0 Å². The Kier molecular flexibility index (Phi) is 3.49. The van der Waals surface area contributed by atoms with E-state index >= 15 is 0 Å². The lowest BCUT2D eigenvalue weighted by atomic mass is 10.0. The molecule has 0 radical (unpaired) electrons. The van der Waals surface area contributed by atoms with Crippen molar-refractivity contribution in [2.75, 3.05) is 0 Å². The summed E-state index contributed by atoms with van der Waals surface area (Å²) in [5.74, 6) is 0. The highest BCUT2D eigenvalue weighted by Crippen LogP contribution is 2.45. The SMILES string of the molecule is O=c1cc(C(F)(F)F)c2c(C(Cl)(Cl)Cl)cccc2o1. The molecule has 0 saturated heterocycles. The van der Waals surface area contributed by atoms with Gasteiger partial charge in [-0.3, -0.25) is 0 Å². The maximum absolute atomic E-state index is 13.0. The molecule has 8 heteroatoms. The standard InChI is InChI=1S/C11H4Cl3F3O2/c12-10(13,14)5-2-1-3-7-9(5)6(11(15,16)17)4-8(18)19-7/h1-4H. The van der Waals surface area contributed by atoms with Crippen molar-refractivity contribution in [3.05, 3.63) is 45.8 Å². The van der Waals surface area contributed by atoms with E-state index in [1.807, 2.05) is 0 Å². The van der Waals surface area contributed by atoms with E-state index in [-0.39, 0.29) is 11.1 Å². The van der Waals surface area contributed by atoms with Crippen LogP contribution in [0.25, 0.3) is 11.0 Å². The Labute approximate surface area is 119 Å². The van der Waals surface area contributed by atoms with E-state index in [1.54, 1.807) is 0 Å². The quantitative estimate of drug-likeness (QED) is 0.520. The van der Waals surface area contributed by atoms with Crippen LogP contribution < -0.4 is 5.63 Å². The zero-order valence-corrected chi connectivity index (χ0v) is 11.2. The van der Waals surface area contributed by atoms with Gasteiger partial charge in [0.15, 0.2) is 0 Å². The maximum atomic E-state index is 13.0. The van der Waals surface area contributed by atoms with Crippen LogP contribution in [0.4, 0.5) is 13.2 Å². The third-order valence-electron chi connectivity index (χ3n) is 2.38. The molecule has 1 aromatic carbocycles. The van der Waals surface area contributed by atoms with Gasteiger partial charge in [-0.25, -0.2) is 4.79 Å². The number of rotatable bonds is 0. The second-order valence-electron chi connectivity index (χ2n) is 3.65. The van der Waals surface area contributed by atoms with Crippen molar-refractivity contribution in [3.8, 4) is 0 Å². The number of hydrogen-bond donors (Lipinski definition) is 0. The van der Waals surface area contributed by atoms with E-state index in [2.05, 4.69) is 0 Å². The monoisotopic (exact) mass is 330 g/mol. The number of alkyl halides is 6. The fraction of sp³-hybridized carbons (Fsp3) is 0.182. The lowest BCUT2D eigenvalue weighted by Crippen LogP contribution is -2.14. The Hall–Kier alpha value is -0.910. The highest BCUT2D eigenvalue weighted by Gasteiger charge is 2.37. The van der Waals surface area contributed by atoms with Crippen LogP contribution >= 0.6 is 34.8 Å². The van der Waals surface area contributed by atoms with Crippen LogP contribution in [0.15, 0.2) is 33.5 Å². The predicted octanol–water partition coefficient (Wildman–Crippen LogP) is 4.64. The lowest BCUT2D eigenvalue weighted by Gasteiger charge is -2.17. The van der Waals surface area contributed by atoms with Gasteiger partial charge in [-0.1, -0.05) is 46.9 Å². The average molecular weight is 332 g/mol. The fourth-order valence-electron chi connectivity index (χ4n) is 1.68. The lowest BCUT2D eigenvalue weighted by molar-refractivity contribution is -0.136. The molecular weight excluding hydrogens is 327 g/mol. The van der Waals surface area contributed by atoms with Crippen LogP contribution in [0.1, 0.15) is 11.1 Å². The van der Waals surface area contributed by atoms with E-state index < -0.39 is 26.5 Å². The third kappa shape index (κ3) is 2.83. The molecule has 0 saturated carbocycles. The molecule has 0 spiro atoms. The van der Waals surface area contributed by atoms with Gasteiger partial charge in [-0.05, 0) is 6.07 Å². The third-order valence-corrected chi connectivity index (χ3v) is 2.99. The van der Waals surface area contributed by atoms with Gasteiger partial charge in [0.05, 0.1) is 5.56 Å². The molecule has 1 aromatic heterocycles. The van der Waals surface area contributed by atoms with E-state index in [4.69, 9.17) is 39.2 Å². The summed E-state index contributed by atoms with van der Waals surface area (Å²) in [6.45, 7) is 0. The fourth-order valence-corrected chi connectivity index (χ4v) is 2.15. The number of halogens is 6. The summed E-state index contributed by atoms with van der Waals surface area (Å²) in [7, 11) is 0. The van der Waals surface area contributed by atoms with Crippen molar-refractivity contribution in [2.45, 2.75) is 9.97 Å². The van der Waals surface area contributed by atoms with Crippen molar-refractivity contribution in [2.24, 2.45) is 0 Å². The van der Waals surface area contributed by atoms with Crippen molar-refractivity contribution in [1.29, 1.82) is 0 Å². The molecule has 0 aliphatic rings. The summed E-state index contributed by atoms with van der Waals surface area (Å²) in [6.07, 6.45) is -4.76. The molecule has 0 aliphatic carbocycles. The summed E-state index contributed by atoms with van der Waals surface area (Å²) >= 11 is 16.9. The van der Waals surface area contributed by atoms with Crippen molar-refractivity contribution in [3.63, 3.8) is 0 Å². The van der Waals surface area contributed by atoms with Crippen LogP contribution in [0, 0.1) is 0 Å². The summed E-state index contributed by atoms with van der Waals surface area (Å²) in [4.78, 5) is 11.1. The molecule has 2 rings (SSSR count). The molecule has 2 aromatic rings. The Bertz CT molecular complexity index is 686. The van der Waals surface area contributed by atoms with Crippen LogP contribution in [-0.2, 0) is 9.97 Å². The van der Waals surface area contributed by atoms with Gasteiger partial charge in [0, 0.05) is 17.0 Å². The summed E-state index contributed by atoms with van der Waals surface area (Å²) in [5, 5.41) is -0.436. The number of hydrogen-bond acceptors (Lipinski definition) is 2. The first-order valence-electron chi connectivity index (χ1n) is 4.82. The Morgan fingerprint density at radius 1 is 1.05 bits per heavy atom. The van der Waals surface area contributed by atoms with Crippen LogP contribution in [-0.4, -0.2) is 0 Å². The molecule has 0 bridgehead atoms. The highest BCUT2D eigenvalue weighted by atomic mass is 35.6. The normalized spacial score (nSPS) is 12.9. The molecule has 0 aliphatic heterocycles. The zero-order valence-electron chi connectivity index (χ0n) is 8.89. The second-order valence-corrected chi connectivity index (χ2v) is 5.93. The van der Waals surface area contributed by atoms with Gasteiger partial charge in [0.1, 0.15) is 5.58 Å². The Morgan fingerprint density at radius 2 is 1.68 bits per heavy atom. The van der Waals surface area contributed by atoms with Gasteiger partial charge in [-0.15, -0.1) is 0 Å². The topological polar surface area (TPSA) is 30.2 Å². The van der Waals surface area contributed by atoms with Gasteiger partial charge >= 0.3 is 11.8 Å². The zero-order chi connectivity index (χ0) is 14.4. The van der Waals surface area contributed by atoms with Crippen LogP contribution in [0.5, 0.6) is 0 Å². The summed E-state index contributed by atoms with van der Waals surface area (Å²) < 4.78 is 41.5. The van der Waals surface area contributed by atoms with Crippen LogP contribution in [0.3, 0.4) is 0 Å². The van der Waals surface area contributed by atoms with Gasteiger partial charge in [-0.2, -0.15) is 13.2 Å². The van der Waals surface area contributed by atoms with Gasteiger partial charge < -0.3 is 4.42 Å². The molecule has 2 nitrogen and oxygen atoms in total. The summed E-state index contributed by atoms with van der Waals surface area (Å²) in [6, 6.07) is 4.10. The molecule has 0 amide bonds. The minimum absolute atomic E-state index is 0.203. The second kappa shape index (κ2) is 4.58. The predicted molar refractivity (Wildman–Crippen MR) is 66.7 cm³/mol. The van der Waals surface area contributed by atoms with Crippen molar-refractivity contribution >= 4 is 45.8 Å². The molecule has 0 unspecified atom stereocenters. The van der Waals surface area contributed by atoms with E-state index in [0.717, 1.165) is 0 Å². The van der Waals surface area contributed by atoms with Gasteiger partial charge in [0.25, 0.3) is 0 Å². The van der Waals surface area contributed by atoms with E-state index in [1.165, 1.54) is 18.2 Å². The Morgan fingerprint density at radius 3 is 2.21 bits per heavy atom. The van der Waals surface area contributed by atoms with E-state index in [0.29, 0.717) is 6.07 Å². The molecule has 0 N–H and O–H groups in total. The smallest absolute Gasteiger partial charge is 0.417 e. The Balaban J connectivity index is 2.99. The minimum Gasteiger partial charge on any atom is -0.423 e. The van der Waals surface area contributed by atoms with E-state index in [9.17, 15) is 18.0 Å². The molecule has 0 fully saturated rings. The first-order chi connectivity index (χ1) is 8.60. The summed E-state index contributed by atoms with van der Waals surface area (Å²) in [5.41, 5.74) is -2.81. The molecule has 19 heavy (non-hydrogen) atoms. The highest BCUT2D eigenvalue weighted by molar-refractivity contribution is 6.67. The molecule has 102 valence electrons.